The van der Waals surface area contributed by atoms with E-state index >= 15 is 0 Å². The summed E-state index contributed by atoms with van der Waals surface area (Å²) in [5.41, 5.74) is 2.09. The van der Waals surface area contributed by atoms with Gasteiger partial charge in [0.2, 0.25) is 5.91 Å². The van der Waals surface area contributed by atoms with Crippen molar-refractivity contribution < 1.29 is 14.3 Å². The molecule has 0 aliphatic carbocycles. The molecule has 2 N–H and O–H groups in total. The van der Waals surface area contributed by atoms with Crippen LogP contribution in [-0.4, -0.2) is 50.6 Å². The molecular weight excluding hydrogens is 380 g/mol. The number of methoxy groups -OCH3 is 2. The van der Waals surface area contributed by atoms with E-state index in [9.17, 15) is 4.79 Å². The summed E-state index contributed by atoms with van der Waals surface area (Å²) in [6.07, 6.45) is 0. The summed E-state index contributed by atoms with van der Waals surface area (Å²) >= 11 is 0. The number of hydrogen-bond acceptors (Lipinski definition) is 4. The largest absolute Gasteiger partial charge is 0.493 e. The first-order valence-electron chi connectivity index (χ1n) is 10.2. The Balaban J connectivity index is 1.97. The number of ether oxygens (including phenoxy) is 2. The average Bonchev–Trinajstić information content (AvgIpc) is 2.79. The van der Waals surface area contributed by atoms with Gasteiger partial charge in [0, 0.05) is 19.6 Å². The smallest absolute Gasteiger partial charge is 0.242 e. The zero-order chi connectivity index (χ0) is 21.8. The van der Waals surface area contributed by atoms with Crippen LogP contribution in [0.25, 0.3) is 0 Å². The van der Waals surface area contributed by atoms with Gasteiger partial charge in [-0.3, -0.25) is 4.79 Å². The molecule has 1 amide bonds. The van der Waals surface area contributed by atoms with Crippen molar-refractivity contribution in [2.75, 3.05) is 33.9 Å². The summed E-state index contributed by atoms with van der Waals surface area (Å²) < 4.78 is 10.6. The van der Waals surface area contributed by atoms with Crippen molar-refractivity contribution >= 4 is 11.9 Å². The van der Waals surface area contributed by atoms with Gasteiger partial charge in [0.15, 0.2) is 17.5 Å². The van der Waals surface area contributed by atoms with Gasteiger partial charge in [-0.05, 0) is 37.1 Å². The zero-order valence-corrected chi connectivity index (χ0v) is 18.3. The second-order valence-corrected chi connectivity index (χ2v) is 6.63. The second kappa shape index (κ2) is 12.4. The molecule has 0 spiro atoms. The predicted octanol–water partition coefficient (Wildman–Crippen LogP) is 2.81. The molecule has 0 unspecified atom stereocenters. The lowest BCUT2D eigenvalue weighted by molar-refractivity contribution is -0.130. The van der Waals surface area contributed by atoms with Crippen LogP contribution in [0, 0.1) is 0 Å². The summed E-state index contributed by atoms with van der Waals surface area (Å²) in [6, 6.07) is 15.7. The Kier molecular flexibility index (Phi) is 9.51. The van der Waals surface area contributed by atoms with Gasteiger partial charge in [0.25, 0.3) is 0 Å². The van der Waals surface area contributed by atoms with Crippen LogP contribution in [0.1, 0.15) is 25.0 Å². The maximum Gasteiger partial charge on any atom is 0.242 e. The highest BCUT2D eigenvalue weighted by molar-refractivity contribution is 5.86. The van der Waals surface area contributed by atoms with Crippen molar-refractivity contribution in [3.05, 3.63) is 59.7 Å². The van der Waals surface area contributed by atoms with Crippen LogP contribution in [0.2, 0.25) is 0 Å². The molecule has 2 aromatic carbocycles. The fourth-order valence-electron chi connectivity index (χ4n) is 2.94. The zero-order valence-electron chi connectivity index (χ0n) is 18.3. The SMILES string of the molecule is CCNC(=NCc1ccc(OC)c(OC)c1)NCC(=O)N(CC)Cc1ccccc1. The number of aliphatic imine (C=N–C) groups is 1. The molecule has 0 fully saturated rings. The number of amides is 1. The molecule has 0 aromatic heterocycles. The van der Waals surface area contributed by atoms with Crippen molar-refractivity contribution in [1.29, 1.82) is 0 Å². The van der Waals surface area contributed by atoms with E-state index in [1.807, 2.05) is 67.3 Å². The number of carbonyl (C=O) groups is 1. The Morgan fingerprint density at radius 3 is 2.33 bits per heavy atom. The molecule has 0 aliphatic rings. The first-order chi connectivity index (χ1) is 14.6. The number of hydrogen-bond donors (Lipinski definition) is 2. The minimum Gasteiger partial charge on any atom is -0.493 e. The van der Waals surface area contributed by atoms with Gasteiger partial charge < -0.3 is 25.0 Å². The molecule has 2 aromatic rings. The van der Waals surface area contributed by atoms with Gasteiger partial charge >= 0.3 is 0 Å². The Bertz CT molecular complexity index is 824. The third-order valence-corrected chi connectivity index (χ3v) is 4.57. The summed E-state index contributed by atoms with van der Waals surface area (Å²) in [4.78, 5) is 19.1. The summed E-state index contributed by atoms with van der Waals surface area (Å²) in [7, 11) is 3.22. The van der Waals surface area contributed by atoms with Gasteiger partial charge in [0.1, 0.15) is 0 Å². The highest BCUT2D eigenvalue weighted by atomic mass is 16.5. The molecule has 7 heteroatoms. The molecule has 0 radical (unpaired) electrons. The number of nitrogens with zero attached hydrogens (tertiary/aromatic N) is 2. The second-order valence-electron chi connectivity index (χ2n) is 6.63. The molecule has 162 valence electrons. The van der Waals surface area contributed by atoms with Gasteiger partial charge in [-0.15, -0.1) is 0 Å². The van der Waals surface area contributed by atoms with Gasteiger partial charge in [-0.25, -0.2) is 4.99 Å². The Labute approximate surface area is 179 Å². The van der Waals surface area contributed by atoms with E-state index in [-0.39, 0.29) is 12.5 Å². The number of nitrogens with one attached hydrogen (secondary N) is 2. The third-order valence-electron chi connectivity index (χ3n) is 4.57. The average molecular weight is 413 g/mol. The van der Waals surface area contributed by atoms with E-state index in [4.69, 9.17) is 9.47 Å². The van der Waals surface area contributed by atoms with Crippen LogP contribution < -0.4 is 20.1 Å². The van der Waals surface area contributed by atoms with Crippen molar-refractivity contribution in [3.8, 4) is 11.5 Å². The number of carbonyl (C=O) groups excluding carboxylic acids is 1. The lowest BCUT2D eigenvalue weighted by Crippen LogP contribution is -2.44. The fraction of sp³-hybridized carbons (Fsp3) is 0.391. The van der Waals surface area contributed by atoms with E-state index in [0.29, 0.717) is 43.6 Å². The highest BCUT2D eigenvalue weighted by Crippen LogP contribution is 2.27. The van der Waals surface area contributed by atoms with Gasteiger partial charge in [0.05, 0.1) is 27.3 Å². The molecule has 0 aliphatic heterocycles. The Morgan fingerprint density at radius 2 is 1.70 bits per heavy atom. The van der Waals surface area contributed by atoms with E-state index in [2.05, 4.69) is 15.6 Å². The molecule has 2 rings (SSSR count). The van der Waals surface area contributed by atoms with Crippen LogP contribution in [-0.2, 0) is 17.9 Å². The van der Waals surface area contributed by atoms with Gasteiger partial charge in [-0.2, -0.15) is 0 Å². The predicted molar refractivity (Wildman–Crippen MR) is 120 cm³/mol. The maximum absolute atomic E-state index is 12.7. The summed E-state index contributed by atoms with van der Waals surface area (Å²) in [6.45, 7) is 6.55. The van der Waals surface area contributed by atoms with E-state index in [1.165, 1.54) is 0 Å². The van der Waals surface area contributed by atoms with Crippen LogP contribution in [0.15, 0.2) is 53.5 Å². The third kappa shape index (κ3) is 6.99. The molecule has 0 bridgehead atoms. The van der Waals surface area contributed by atoms with Crippen molar-refractivity contribution in [2.24, 2.45) is 4.99 Å². The topological polar surface area (TPSA) is 75.2 Å². The molecule has 0 heterocycles. The highest BCUT2D eigenvalue weighted by Gasteiger charge is 2.13. The van der Waals surface area contributed by atoms with Crippen LogP contribution in [0.4, 0.5) is 0 Å². The van der Waals surface area contributed by atoms with E-state index in [0.717, 1.165) is 11.1 Å². The summed E-state index contributed by atoms with van der Waals surface area (Å²) in [5.74, 6) is 1.96. The first kappa shape index (κ1) is 23.1. The van der Waals surface area contributed by atoms with Crippen molar-refractivity contribution in [2.45, 2.75) is 26.9 Å². The minimum atomic E-state index is 0.0260. The van der Waals surface area contributed by atoms with Gasteiger partial charge in [-0.1, -0.05) is 36.4 Å². The number of likely N-dealkylation sites (N-methyl/N-ethyl adjacent to an activating group) is 1. The Morgan fingerprint density at radius 1 is 0.967 bits per heavy atom. The Hall–Kier alpha value is -3.22. The number of guanidine groups is 1. The van der Waals surface area contributed by atoms with E-state index < -0.39 is 0 Å². The van der Waals surface area contributed by atoms with Crippen LogP contribution in [0.5, 0.6) is 11.5 Å². The lowest BCUT2D eigenvalue weighted by Gasteiger charge is -2.22. The number of benzene rings is 2. The molecular formula is C23H32N4O3. The number of rotatable bonds is 10. The summed E-state index contributed by atoms with van der Waals surface area (Å²) in [5, 5.41) is 6.31. The lowest BCUT2D eigenvalue weighted by atomic mass is 10.2. The molecule has 30 heavy (non-hydrogen) atoms. The fourth-order valence-corrected chi connectivity index (χ4v) is 2.94. The maximum atomic E-state index is 12.7. The van der Waals surface area contributed by atoms with Crippen LogP contribution >= 0.6 is 0 Å². The van der Waals surface area contributed by atoms with E-state index in [1.54, 1.807) is 14.2 Å². The minimum absolute atomic E-state index is 0.0260. The first-order valence-corrected chi connectivity index (χ1v) is 10.2. The quantitative estimate of drug-likeness (QED) is 0.464. The molecule has 0 saturated heterocycles. The standard InChI is InChI=1S/C23H32N4O3/c1-5-24-23(25-15-19-12-13-20(29-3)21(14-19)30-4)26-16-22(28)27(6-2)17-18-10-8-7-9-11-18/h7-14H,5-6,15-17H2,1-4H3,(H2,24,25,26). The normalized spacial score (nSPS) is 11.0. The monoisotopic (exact) mass is 412 g/mol. The molecule has 0 saturated carbocycles. The van der Waals surface area contributed by atoms with Crippen LogP contribution in [0.3, 0.4) is 0 Å². The van der Waals surface area contributed by atoms with Crippen molar-refractivity contribution in [3.63, 3.8) is 0 Å². The molecule has 0 atom stereocenters. The molecule has 7 nitrogen and oxygen atoms in total. The van der Waals surface area contributed by atoms with Crippen molar-refractivity contribution in [1.82, 2.24) is 15.5 Å².